The molecular formula is C10H16N2O2. The second-order valence-corrected chi connectivity index (χ2v) is 4.64. The maximum atomic E-state index is 12.0. The van der Waals surface area contributed by atoms with E-state index in [-0.39, 0.29) is 12.0 Å². The Labute approximate surface area is 83.6 Å². The molecule has 3 aliphatic heterocycles. The molecule has 1 amide bonds. The van der Waals surface area contributed by atoms with Crippen molar-refractivity contribution >= 4 is 5.91 Å². The molecule has 4 nitrogen and oxygen atoms in total. The molecular weight excluding hydrogens is 180 g/mol. The van der Waals surface area contributed by atoms with E-state index in [9.17, 15) is 4.79 Å². The fraction of sp³-hybridized carbons (Fsp3) is 0.900. The maximum absolute atomic E-state index is 12.0. The molecule has 3 atom stereocenters. The zero-order valence-electron chi connectivity index (χ0n) is 8.40. The molecule has 3 saturated heterocycles. The molecule has 4 heteroatoms. The number of likely N-dealkylation sites (tertiary alicyclic amines) is 1. The predicted molar refractivity (Wildman–Crippen MR) is 50.8 cm³/mol. The molecule has 2 bridgehead atoms. The zero-order chi connectivity index (χ0) is 9.71. The van der Waals surface area contributed by atoms with Crippen LogP contribution in [0.25, 0.3) is 0 Å². The predicted octanol–water partition coefficient (Wildman–Crippen LogP) is -0.548. The van der Waals surface area contributed by atoms with Gasteiger partial charge in [-0.2, -0.15) is 0 Å². The lowest BCUT2D eigenvalue weighted by atomic mass is 9.73. The van der Waals surface area contributed by atoms with Gasteiger partial charge >= 0.3 is 0 Å². The highest BCUT2D eigenvalue weighted by molar-refractivity contribution is 5.82. The molecule has 14 heavy (non-hydrogen) atoms. The standard InChI is InChI=1S/C10H16N2O2/c1-14-7-4-12(5-7)10(13)9-6-2-8(9)11-3-6/h6-9,11H,2-5H2,1H3. The third kappa shape index (κ3) is 1.04. The first-order chi connectivity index (χ1) is 6.79. The van der Waals surface area contributed by atoms with Gasteiger partial charge in [-0.3, -0.25) is 4.79 Å². The van der Waals surface area contributed by atoms with Crippen molar-refractivity contribution in [1.82, 2.24) is 10.2 Å². The second-order valence-electron chi connectivity index (χ2n) is 4.64. The minimum absolute atomic E-state index is 0.282. The largest absolute Gasteiger partial charge is 0.378 e. The number of fused-ring (bicyclic) bond motifs is 1. The summed E-state index contributed by atoms with van der Waals surface area (Å²) in [6.45, 7) is 2.64. The number of hydrogen-bond acceptors (Lipinski definition) is 3. The second kappa shape index (κ2) is 2.94. The molecule has 3 heterocycles. The van der Waals surface area contributed by atoms with E-state index in [1.807, 2.05) is 4.90 Å². The third-order valence-corrected chi connectivity index (χ3v) is 3.92. The summed E-state index contributed by atoms with van der Waals surface area (Å²) in [7, 11) is 1.71. The Morgan fingerprint density at radius 2 is 2.29 bits per heavy atom. The summed E-state index contributed by atoms with van der Waals surface area (Å²) < 4.78 is 5.16. The zero-order valence-corrected chi connectivity index (χ0v) is 8.40. The highest BCUT2D eigenvalue weighted by atomic mass is 16.5. The molecule has 0 aromatic rings. The van der Waals surface area contributed by atoms with Crippen molar-refractivity contribution in [3.8, 4) is 0 Å². The molecule has 78 valence electrons. The molecule has 1 N–H and O–H groups in total. The maximum Gasteiger partial charge on any atom is 0.227 e. The minimum atomic E-state index is 0.282. The molecule has 0 aromatic heterocycles. The van der Waals surface area contributed by atoms with Crippen molar-refractivity contribution in [3.63, 3.8) is 0 Å². The van der Waals surface area contributed by atoms with Gasteiger partial charge in [-0.05, 0) is 18.9 Å². The lowest BCUT2D eigenvalue weighted by Gasteiger charge is -2.44. The molecule has 4 aliphatic rings. The summed E-state index contributed by atoms with van der Waals surface area (Å²) >= 11 is 0. The summed E-state index contributed by atoms with van der Waals surface area (Å²) in [5, 5.41) is 3.37. The average molecular weight is 196 g/mol. The number of carbonyl (C=O) groups excluding carboxylic acids is 1. The van der Waals surface area contributed by atoms with E-state index in [1.54, 1.807) is 7.11 Å². The lowest BCUT2D eigenvalue weighted by molar-refractivity contribution is -0.152. The first-order valence-corrected chi connectivity index (χ1v) is 5.34. The molecule has 0 radical (unpaired) electrons. The van der Waals surface area contributed by atoms with Crippen LogP contribution in [0.2, 0.25) is 0 Å². The van der Waals surface area contributed by atoms with Gasteiger partial charge < -0.3 is 15.0 Å². The topological polar surface area (TPSA) is 41.6 Å². The van der Waals surface area contributed by atoms with Crippen LogP contribution in [-0.2, 0) is 9.53 Å². The van der Waals surface area contributed by atoms with Gasteiger partial charge in [0.2, 0.25) is 5.91 Å². The number of nitrogens with zero attached hydrogens (tertiary/aromatic N) is 1. The Balaban J connectivity index is 1.57. The van der Waals surface area contributed by atoms with Crippen LogP contribution in [0.4, 0.5) is 0 Å². The highest BCUT2D eigenvalue weighted by Gasteiger charge is 2.52. The van der Waals surface area contributed by atoms with Crippen LogP contribution >= 0.6 is 0 Å². The average Bonchev–Trinajstić information content (AvgIpc) is 2.61. The first kappa shape index (κ1) is 8.68. The van der Waals surface area contributed by atoms with Crippen LogP contribution < -0.4 is 5.32 Å². The summed E-state index contributed by atoms with van der Waals surface area (Å²) in [5.74, 6) is 1.26. The summed E-state index contributed by atoms with van der Waals surface area (Å²) in [6.07, 6.45) is 1.49. The van der Waals surface area contributed by atoms with Crippen molar-refractivity contribution in [2.45, 2.75) is 18.6 Å². The van der Waals surface area contributed by atoms with Gasteiger partial charge in [0.15, 0.2) is 0 Å². The number of hydrogen-bond donors (Lipinski definition) is 1. The molecule has 1 saturated carbocycles. The Kier molecular flexibility index (Phi) is 1.82. The van der Waals surface area contributed by atoms with Crippen molar-refractivity contribution in [2.75, 3.05) is 26.7 Å². The Morgan fingerprint density at radius 1 is 1.50 bits per heavy atom. The van der Waals surface area contributed by atoms with Gasteiger partial charge in [-0.15, -0.1) is 0 Å². The molecule has 0 spiro atoms. The Hall–Kier alpha value is -0.610. The van der Waals surface area contributed by atoms with Gasteiger partial charge in [0.05, 0.1) is 12.0 Å². The van der Waals surface area contributed by atoms with Crippen molar-refractivity contribution in [1.29, 1.82) is 0 Å². The SMILES string of the molecule is COC1CN(C(=O)C2C3CNC2C3)C1. The van der Waals surface area contributed by atoms with Crippen LogP contribution in [0, 0.1) is 11.8 Å². The monoisotopic (exact) mass is 196 g/mol. The van der Waals surface area contributed by atoms with Crippen LogP contribution in [0.5, 0.6) is 0 Å². The van der Waals surface area contributed by atoms with Gasteiger partial charge in [0, 0.05) is 26.2 Å². The van der Waals surface area contributed by atoms with E-state index in [1.165, 1.54) is 6.42 Å². The number of amides is 1. The van der Waals surface area contributed by atoms with Gasteiger partial charge in [0.1, 0.15) is 0 Å². The van der Waals surface area contributed by atoms with E-state index in [0.29, 0.717) is 17.9 Å². The molecule has 4 rings (SSSR count). The molecule has 4 fully saturated rings. The van der Waals surface area contributed by atoms with Crippen molar-refractivity contribution in [2.24, 2.45) is 11.8 Å². The lowest BCUT2D eigenvalue weighted by Crippen LogP contribution is -2.59. The van der Waals surface area contributed by atoms with Crippen LogP contribution in [0.15, 0.2) is 0 Å². The summed E-state index contributed by atoms with van der Waals surface area (Å²) in [6, 6.07) is 0.481. The number of nitrogens with one attached hydrogen (secondary N) is 1. The summed E-state index contributed by atoms with van der Waals surface area (Å²) in [4.78, 5) is 13.9. The fourth-order valence-corrected chi connectivity index (χ4v) is 2.83. The molecule has 0 aromatic carbocycles. The normalized spacial score (nSPS) is 40.6. The van der Waals surface area contributed by atoms with Gasteiger partial charge in [0.25, 0.3) is 0 Å². The van der Waals surface area contributed by atoms with Gasteiger partial charge in [-0.1, -0.05) is 0 Å². The van der Waals surface area contributed by atoms with E-state index < -0.39 is 0 Å². The summed E-state index contributed by atoms with van der Waals surface area (Å²) in [5.41, 5.74) is 0. The fourth-order valence-electron chi connectivity index (χ4n) is 2.83. The Morgan fingerprint density at radius 3 is 2.79 bits per heavy atom. The van der Waals surface area contributed by atoms with E-state index in [2.05, 4.69) is 5.32 Å². The third-order valence-electron chi connectivity index (χ3n) is 3.92. The number of rotatable bonds is 2. The van der Waals surface area contributed by atoms with Crippen LogP contribution in [0.1, 0.15) is 6.42 Å². The van der Waals surface area contributed by atoms with Crippen molar-refractivity contribution in [3.05, 3.63) is 0 Å². The van der Waals surface area contributed by atoms with Gasteiger partial charge in [-0.25, -0.2) is 0 Å². The molecule has 1 aliphatic carbocycles. The smallest absolute Gasteiger partial charge is 0.227 e. The first-order valence-electron chi connectivity index (χ1n) is 5.34. The molecule has 3 unspecified atom stereocenters. The van der Waals surface area contributed by atoms with E-state index >= 15 is 0 Å². The quantitative estimate of drug-likeness (QED) is 0.644. The van der Waals surface area contributed by atoms with E-state index in [0.717, 1.165) is 19.6 Å². The number of ether oxygens (including phenoxy) is 1. The minimum Gasteiger partial charge on any atom is -0.378 e. The van der Waals surface area contributed by atoms with E-state index in [4.69, 9.17) is 4.74 Å². The number of carbonyl (C=O) groups is 1. The Bertz CT molecular complexity index is 249. The number of methoxy groups -OCH3 is 1. The van der Waals surface area contributed by atoms with Crippen LogP contribution in [0.3, 0.4) is 0 Å². The highest BCUT2D eigenvalue weighted by Crippen LogP contribution is 2.41. The van der Waals surface area contributed by atoms with Crippen molar-refractivity contribution < 1.29 is 9.53 Å². The van der Waals surface area contributed by atoms with Crippen LogP contribution in [-0.4, -0.2) is 49.7 Å².